The summed E-state index contributed by atoms with van der Waals surface area (Å²) in [6.45, 7) is 10.8. The molecule has 0 fully saturated rings. The van der Waals surface area contributed by atoms with E-state index in [9.17, 15) is 4.79 Å². The first-order valence-corrected chi connectivity index (χ1v) is 7.95. The van der Waals surface area contributed by atoms with Crippen molar-refractivity contribution in [3.05, 3.63) is 39.9 Å². The molecule has 0 aliphatic rings. The van der Waals surface area contributed by atoms with E-state index in [-0.39, 0.29) is 5.78 Å². The van der Waals surface area contributed by atoms with E-state index in [0.29, 0.717) is 10.0 Å². The third-order valence-electron chi connectivity index (χ3n) is 3.55. The van der Waals surface area contributed by atoms with Gasteiger partial charge in [0, 0.05) is 12.0 Å². The molecule has 0 N–H and O–H groups in total. The third-order valence-corrected chi connectivity index (χ3v) is 4.29. The number of carbonyl (C=O) groups excluding carboxylic acids is 1. The van der Waals surface area contributed by atoms with Crippen LogP contribution >= 0.6 is 23.2 Å². The molecule has 0 aromatic heterocycles. The van der Waals surface area contributed by atoms with Crippen LogP contribution in [0.5, 0.6) is 0 Å². The van der Waals surface area contributed by atoms with Gasteiger partial charge >= 0.3 is 0 Å². The van der Waals surface area contributed by atoms with Gasteiger partial charge in [0.25, 0.3) is 0 Å². The van der Waals surface area contributed by atoms with Crippen molar-refractivity contribution in [1.29, 1.82) is 0 Å². The third kappa shape index (κ3) is 5.46. The van der Waals surface area contributed by atoms with E-state index in [1.165, 1.54) is 0 Å². The molecule has 0 heterocycles. The van der Waals surface area contributed by atoms with E-state index in [2.05, 4.69) is 18.7 Å². The van der Waals surface area contributed by atoms with Crippen LogP contribution in [0.15, 0.2) is 24.3 Å². The number of ketones is 1. The highest BCUT2D eigenvalue weighted by Crippen LogP contribution is 2.24. The average Bonchev–Trinajstić information content (AvgIpc) is 2.45. The summed E-state index contributed by atoms with van der Waals surface area (Å²) in [6.07, 6.45) is 3.41. The summed E-state index contributed by atoms with van der Waals surface area (Å²) in [4.78, 5) is 14.6. The summed E-state index contributed by atoms with van der Waals surface area (Å²) in [7, 11) is 0. The number of benzene rings is 1. The van der Waals surface area contributed by atoms with Crippen molar-refractivity contribution in [1.82, 2.24) is 4.90 Å². The van der Waals surface area contributed by atoms with E-state index in [4.69, 9.17) is 23.2 Å². The lowest BCUT2D eigenvalue weighted by Crippen LogP contribution is -2.38. The van der Waals surface area contributed by atoms with Crippen molar-refractivity contribution in [2.75, 3.05) is 19.6 Å². The van der Waals surface area contributed by atoms with Crippen LogP contribution in [0.3, 0.4) is 0 Å². The molecule has 116 valence electrons. The predicted octanol–water partition coefficient (Wildman–Crippen LogP) is 4.94. The van der Waals surface area contributed by atoms with Gasteiger partial charge in [-0.25, -0.2) is 0 Å². The smallest absolute Gasteiger partial charge is 0.162 e. The van der Waals surface area contributed by atoms with Crippen molar-refractivity contribution in [3.63, 3.8) is 0 Å². The Morgan fingerprint density at radius 2 is 1.81 bits per heavy atom. The minimum Gasteiger partial charge on any atom is -0.303 e. The predicted molar refractivity (Wildman–Crippen MR) is 92.1 cm³/mol. The molecule has 0 amide bonds. The molecule has 0 saturated heterocycles. The van der Waals surface area contributed by atoms with E-state index in [1.54, 1.807) is 24.3 Å². The van der Waals surface area contributed by atoms with Crippen molar-refractivity contribution >= 4 is 35.1 Å². The molecule has 0 aliphatic carbocycles. The minimum atomic E-state index is -0.404. The largest absolute Gasteiger partial charge is 0.303 e. The molecule has 0 bridgehead atoms. The van der Waals surface area contributed by atoms with E-state index in [1.807, 2.05) is 19.9 Å². The maximum absolute atomic E-state index is 12.4. The van der Waals surface area contributed by atoms with E-state index < -0.39 is 5.41 Å². The molecule has 1 aromatic rings. The fourth-order valence-electron chi connectivity index (χ4n) is 2.10. The van der Waals surface area contributed by atoms with Crippen molar-refractivity contribution in [3.8, 4) is 0 Å². The van der Waals surface area contributed by atoms with Crippen LogP contribution < -0.4 is 0 Å². The molecule has 21 heavy (non-hydrogen) atoms. The number of carbonyl (C=O) groups is 1. The molecule has 0 unspecified atom stereocenters. The average molecular weight is 328 g/mol. The lowest BCUT2D eigenvalue weighted by Gasteiger charge is -2.29. The molecular weight excluding hydrogens is 305 g/mol. The van der Waals surface area contributed by atoms with Gasteiger partial charge < -0.3 is 4.90 Å². The zero-order valence-electron chi connectivity index (χ0n) is 13.1. The van der Waals surface area contributed by atoms with Gasteiger partial charge in [0.15, 0.2) is 5.78 Å². The van der Waals surface area contributed by atoms with E-state index in [0.717, 1.165) is 25.2 Å². The lowest BCUT2D eigenvalue weighted by atomic mass is 9.87. The van der Waals surface area contributed by atoms with Crippen molar-refractivity contribution in [2.45, 2.75) is 27.7 Å². The van der Waals surface area contributed by atoms with Crippen LogP contribution in [0.1, 0.15) is 33.3 Å². The molecule has 0 radical (unpaired) electrons. The summed E-state index contributed by atoms with van der Waals surface area (Å²) in [5.74, 6) is 0.112. The van der Waals surface area contributed by atoms with Crippen LogP contribution in [0.25, 0.3) is 6.08 Å². The molecular formula is C17H23Cl2NO. The van der Waals surface area contributed by atoms with Crippen LogP contribution in [0, 0.1) is 5.41 Å². The maximum Gasteiger partial charge on any atom is 0.162 e. The highest BCUT2D eigenvalue weighted by molar-refractivity contribution is 6.42. The molecule has 2 nitrogen and oxygen atoms in total. The Labute approximate surface area is 137 Å². The second-order valence-electron chi connectivity index (χ2n) is 5.72. The topological polar surface area (TPSA) is 20.3 Å². The Morgan fingerprint density at radius 3 is 2.33 bits per heavy atom. The normalized spacial score (nSPS) is 12.3. The number of allylic oxidation sites excluding steroid dienone is 1. The first-order valence-electron chi connectivity index (χ1n) is 7.20. The summed E-state index contributed by atoms with van der Waals surface area (Å²) in [5, 5.41) is 1.01. The molecule has 1 aromatic carbocycles. The quantitative estimate of drug-likeness (QED) is 0.661. The van der Waals surface area contributed by atoms with Gasteiger partial charge in [-0.15, -0.1) is 0 Å². The maximum atomic E-state index is 12.4. The second kappa shape index (κ2) is 7.98. The molecule has 1 rings (SSSR count). The number of rotatable bonds is 7. The lowest BCUT2D eigenvalue weighted by molar-refractivity contribution is -0.123. The van der Waals surface area contributed by atoms with E-state index >= 15 is 0 Å². The molecule has 0 atom stereocenters. The number of halogens is 2. The van der Waals surface area contributed by atoms with Gasteiger partial charge in [-0.2, -0.15) is 0 Å². The van der Waals surface area contributed by atoms with Crippen LogP contribution in [-0.4, -0.2) is 30.3 Å². The van der Waals surface area contributed by atoms with Crippen molar-refractivity contribution < 1.29 is 4.79 Å². The molecule has 0 aliphatic heterocycles. The van der Waals surface area contributed by atoms with Gasteiger partial charge in [-0.3, -0.25) is 4.79 Å². The van der Waals surface area contributed by atoms with Gasteiger partial charge in [0.1, 0.15) is 0 Å². The highest BCUT2D eigenvalue weighted by Gasteiger charge is 2.27. The SMILES string of the molecule is CCN(CC)CC(C)(C)C(=O)/C=C/c1ccc(Cl)c(Cl)c1. The van der Waals surface area contributed by atoms with Crippen LogP contribution in [-0.2, 0) is 4.79 Å². The number of hydrogen-bond donors (Lipinski definition) is 0. The zero-order chi connectivity index (χ0) is 16.0. The Hall–Kier alpha value is -0.830. The second-order valence-corrected chi connectivity index (χ2v) is 6.53. The first-order chi connectivity index (χ1) is 9.80. The Kier molecular flexibility index (Phi) is 6.92. The summed E-state index contributed by atoms with van der Waals surface area (Å²) in [5.41, 5.74) is 0.468. The number of hydrogen-bond acceptors (Lipinski definition) is 2. The van der Waals surface area contributed by atoms with Crippen LogP contribution in [0.2, 0.25) is 10.0 Å². The van der Waals surface area contributed by atoms with Gasteiger partial charge in [0.05, 0.1) is 10.0 Å². The Balaban J connectivity index is 2.78. The monoisotopic (exact) mass is 327 g/mol. The fraction of sp³-hybridized carbons (Fsp3) is 0.471. The molecule has 4 heteroatoms. The Morgan fingerprint density at radius 1 is 1.19 bits per heavy atom. The highest BCUT2D eigenvalue weighted by atomic mass is 35.5. The van der Waals surface area contributed by atoms with Crippen molar-refractivity contribution in [2.24, 2.45) is 5.41 Å². The van der Waals surface area contributed by atoms with Gasteiger partial charge in [-0.05, 0) is 36.9 Å². The zero-order valence-corrected chi connectivity index (χ0v) is 14.6. The first kappa shape index (κ1) is 18.2. The molecule has 0 saturated carbocycles. The Bertz CT molecular complexity index is 520. The van der Waals surface area contributed by atoms with Gasteiger partial charge in [-0.1, -0.05) is 63.0 Å². The fourth-order valence-corrected chi connectivity index (χ4v) is 2.40. The summed E-state index contributed by atoms with van der Waals surface area (Å²) < 4.78 is 0. The summed E-state index contributed by atoms with van der Waals surface area (Å²) in [6, 6.07) is 5.33. The van der Waals surface area contributed by atoms with Gasteiger partial charge in [0.2, 0.25) is 0 Å². The number of nitrogens with zero attached hydrogens (tertiary/aromatic N) is 1. The minimum absolute atomic E-state index is 0.112. The van der Waals surface area contributed by atoms with Crippen LogP contribution in [0.4, 0.5) is 0 Å². The standard InChI is InChI=1S/C17H23Cl2NO/c1-5-20(6-2)12-17(3,4)16(21)10-8-13-7-9-14(18)15(19)11-13/h7-11H,5-6,12H2,1-4H3/b10-8+. The summed E-state index contributed by atoms with van der Waals surface area (Å²) >= 11 is 11.8. The molecule has 0 spiro atoms.